The molecular weight excluding hydrogens is 755 g/mol. The van der Waals surface area contributed by atoms with Gasteiger partial charge in [-0.25, -0.2) is 15.0 Å². The van der Waals surface area contributed by atoms with Crippen LogP contribution in [0.15, 0.2) is 229 Å². The molecule has 4 heteroatoms. The summed E-state index contributed by atoms with van der Waals surface area (Å²) in [4.78, 5) is 15.2. The molecule has 0 aliphatic heterocycles. The zero-order chi connectivity index (χ0) is 41.0. The highest BCUT2D eigenvalue weighted by Gasteiger charge is 2.46. The Morgan fingerprint density at radius 1 is 0.306 bits per heavy atom. The lowest BCUT2D eigenvalue weighted by atomic mass is 9.67. The van der Waals surface area contributed by atoms with Crippen LogP contribution in [0.3, 0.4) is 0 Å². The van der Waals surface area contributed by atoms with Crippen LogP contribution in [0.4, 0.5) is 0 Å². The van der Waals surface area contributed by atoms with Crippen LogP contribution in [0.1, 0.15) is 22.3 Å². The summed E-state index contributed by atoms with van der Waals surface area (Å²) in [5.74, 6) is 1.84. The van der Waals surface area contributed by atoms with E-state index in [2.05, 4.69) is 152 Å². The second kappa shape index (κ2) is 14.5. The Labute approximate surface area is 359 Å². The van der Waals surface area contributed by atoms with Crippen molar-refractivity contribution >= 4 is 21.9 Å². The normalized spacial score (nSPS) is 12.6. The maximum Gasteiger partial charge on any atom is 0.164 e. The van der Waals surface area contributed by atoms with Crippen LogP contribution in [0.5, 0.6) is 0 Å². The third-order valence-electron chi connectivity index (χ3n) is 12.4. The molecule has 0 saturated heterocycles. The third-order valence-corrected chi connectivity index (χ3v) is 12.4. The van der Waals surface area contributed by atoms with Crippen molar-refractivity contribution in [1.29, 1.82) is 0 Å². The van der Waals surface area contributed by atoms with E-state index in [1.165, 1.54) is 44.5 Å². The van der Waals surface area contributed by atoms with E-state index in [1.807, 2.05) is 72.8 Å². The van der Waals surface area contributed by atoms with E-state index in [0.717, 1.165) is 49.8 Å². The number of rotatable bonds is 7. The summed E-state index contributed by atoms with van der Waals surface area (Å²) in [7, 11) is 0. The number of fused-ring (bicyclic) bond motifs is 6. The van der Waals surface area contributed by atoms with Gasteiger partial charge < -0.3 is 4.42 Å². The van der Waals surface area contributed by atoms with E-state index in [-0.39, 0.29) is 0 Å². The minimum atomic E-state index is -0.625. The van der Waals surface area contributed by atoms with Gasteiger partial charge in [-0.1, -0.05) is 200 Å². The van der Waals surface area contributed by atoms with Gasteiger partial charge in [0, 0.05) is 27.5 Å². The molecule has 1 aliphatic rings. The van der Waals surface area contributed by atoms with Gasteiger partial charge >= 0.3 is 0 Å². The Morgan fingerprint density at radius 3 is 1.42 bits per heavy atom. The van der Waals surface area contributed by atoms with Crippen LogP contribution in [-0.4, -0.2) is 15.0 Å². The van der Waals surface area contributed by atoms with Crippen LogP contribution in [-0.2, 0) is 5.41 Å². The summed E-state index contributed by atoms with van der Waals surface area (Å²) in [6, 6.07) is 79.5. The zero-order valence-electron chi connectivity index (χ0n) is 33.6. The second-order valence-corrected chi connectivity index (χ2v) is 15.9. The van der Waals surface area contributed by atoms with Crippen molar-refractivity contribution in [2.24, 2.45) is 0 Å². The highest BCUT2D eigenvalue weighted by atomic mass is 16.3. The van der Waals surface area contributed by atoms with Crippen LogP contribution in [0.25, 0.3) is 89.5 Å². The number of nitrogens with zero attached hydrogens (tertiary/aromatic N) is 3. The summed E-state index contributed by atoms with van der Waals surface area (Å²) < 4.78 is 6.88. The fourth-order valence-corrected chi connectivity index (χ4v) is 9.64. The molecule has 2 heterocycles. The van der Waals surface area contributed by atoms with Gasteiger partial charge in [0.15, 0.2) is 17.5 Å². The van der Waals surface area contributed by atoms with Crippen molar-refractivity contribution in [3.63, 3.8) is 0 Å². The topological polar surface area (TPSA) is 51.8 Å². The van der Waals surface area contributed by atoms with Crippen LogP contribution >= 0.6 is 0 Å². The van der Waals surface area contributed by atoms with Gasteiger partial charge in [-0.2, -0.15) is 0 Å². The molecule has 0 N–H and O–H groups in total. The van der Waals surface area contributed by atoms with E-state index >= 15 is 0 Å². The zero-order valence-corrected chi connectivity index (χ0v) is 33.6. The highest BCUT2D eigenvalue weighted by Crippen LogP contribution is 2.57. The van der Waals surface area contributed by atoms with E-state index in [4.69, 9.17) is 19.4 Å². The SMILES string of the molecule is c1ccc(-c2cccc(-c3cccc(C4(c5ccc6c(c5)oc5cccc(-c7nc(-c8ccccc8)nc(-c8ccccc8)n7)c56)c5ccccc5-c5ccccc54)c3)c2)cc1. The lowest BCUT2D eigenvalue weighted by Crippen LogP contribution is -2.28. The van der Waals surface area contributed by atoms with Gasteiger partial charge in [-0.05, 0) is 79.9 Å². The Morgan fingerprint density at radius 2 is 0.774 bits per heavy atom. The van der Waals surface area contributed by atoms with Crippen molar-refractivity contribution in [3.8, 4) is 67.5 Å². The van der Waals surface area contributed by atoms with Crippen molar-refractivity contribution in [2.75, 3.05) is 0 Å². The fourth-order valence-electron chi connectivity index (χ4n) is 9.64. The molecule has 0 unspecified atom stereocenters. The standard InChI is InChI=1S/C58H37N3O/c1-4-17-38(18-5-1)41-23-14-24-42(35-41)43-25-15-26-44(36-43)58(50-30-12-10-27-46(50)47-28-11-13-31-51(47)58)45-33-34-48-53(37-45)62-52-32-16-29-49(54(48)52)57-60-55(39-19-6-2-7-20-39)59-56(61-57)40-21-8-3-9-22-40/h1-37H. The molecule has 0 bridgehead atoms. The summed E-state index contributed by atoms with van der Waals surface area (Å²) in [6.45, 7) is 0. The first-order valence-corrected chi connectivity index (χ1v) is 21.0. The predicted octanol–water partition coefficient (Wildman–Crippen LogP) is 14.5. The number of furan rings is 1. The van der Waals surface area contributed by atoms with E-state index in [1.54, 1.807) is 0 Å². The van der Waals surface area contributed by atoms with Crippen LogP contribution < -0.4 is 0 Å². The first kappa shape index (κ1) is 35.7. The molecule has 4 nitrogen and oxygen atoms in total. The molecule has 0 radical (unpaired) electrons. The average Bonchev–Trinajstić information content (AvgIpc) is 3.88. The largest absolute Gasteiger partial charge is 0.456 e. The molecule has 1 aliphatic carbocycles. The number of benzene rings is 9. The molecule has 0 amide bonds. The second-order valence-electron chi connectivity index (χ2n) is 15.9. The molecule has 0 atom stereocenters. The monoisotopic (exact) mass is 791 g/mol. The molecule has 12 rings (SSSR count). The third kappa shape index (κ3) is 5.72. The Balaban J connectivity index is 1.06. The lowest BCUT2D eigenvalue weighted by Gasteiger charge is -2.34. The van der Waals surface area contributed by atoms with Gasteiger partial charge in [0.25, 0.3) is 0 Å². The minimum Gasteiger partial charge on any atom is -0.456 e. The smallest absolute Gasteiger partial charge is 0.164 e. The molecule has 2 aromatic heterocycles. The summed E-state index contributed by atoms with van der Waals surface area (Å²) in [5.41, 5.74) is 15.7. The van der Waals surface area contributed by atoms with Crippen LogP contribution in [0.2, 0.25) is 0 Å². The average molecular weight is 792 g/mol. The Hall–Kier alpha value is -8.21. The van der Waals surface area contributed by atoms with Crippen molar-refractivity contribution in [1.82, 2.24) is 15.0 Å². The Bertz CT molecular complexity index is 3360. The number of hydrogen-bond donors (Lipinski definition) is 0. The summed E-state index contributed by atoms with van der Waals surface area (Å²) in [5, 5.41) is 1.98. The van der Waals surface area contributed by atoms with E-state index in [9.17, 15) is 0 Å². The van der Waals surface area contributed by atoms with Gasteiger partial charge in [0.05, 0.1) is 5.41 Å². The van der Waals surface area contributed by atoms with Gasteiger partial charge in [0.2, 0.25) is 0 Å². The maximum atomic E-state index is 6.88. The number of hydrogen-bond acceptors (Lipinski definition) is 4. The molecule has 0 spiro atoms. The maximum absolute atomic E-state index is 6.88. The van der Waals surface area contributed by atoms with Gasteiger partial charge in [-0.15, -0.1) is 0 Å². The Kier molecular flexibility index (Phi) is 8.36. The summed E-state index contributed by atoms with van der Waals surface area (Å²) >= 11 is 0. The van der Waals surface area contributed by atoms with Gasteiger partial charge in [0.1, 0.15) is 11.2 Å². The quantitative estimate of drug-likeness (QED) is 0.161. The van der Waals surface area contributed by atoms with Crippen molar-refractivity contribution in [3.05, 3.63) is 247 Å². The molecule has 9 aromatic carbocycles. The molecule has 0 saturated carbocycles. The lowest BCUT2D eigenvalue weighted by molar-refractivity contribution is 0.665. The van der Waals surface area contributed by atoms with E-state index in [0.29, 0.717) is 17.5 Å². The molecule has 11 aromatic rings. The molecule has 0 fully saturated rings. The number of aromatic nitrogens is 3. The minimum absolute atomic E-state index is 0.596. The first-order valence-electron chi connectivity index (χ1n) is 21.0. The van der Waals surface area contributed by atoms with Crippen molar-refractivity contribution in [2.45, 2.75) is 5.41 Å². The van der Waals surface area contributed by atoms with Gasteiger partial charge in [-0.3, -0.25) is 0 Å². The first-order chi connectivity index (χ1) is 30.7. The molecule has 290 valence electrons. The van der Waals surface area contributed by atoms with Crippen molar-refractivity contribution < 1.29 is 4.42 Å². The molecule has 62 heavy (non-hydrogen) atoms. The highest BCUT2D eigenvalue weighted by molar-refractivity contribution is 6.12. The predicted molar refractivity (Wildman–Crippen MR) is 252 cm³/mol. The van der Waals surface area contributed by atoms with Crippen LogP contribution in [0, 0.1) is 0 Å². The summed E-state index contributed by atoms with van der Waals surface area (Å²) in [6.07, 6.45) is 0. The molecular formula is C58H37N3O. The fraction of sp³-hybridized carbons (Fsp3) is 0.0172. The van der Waals surface area contributed by atoms with E-state index < -0.39 is 5.41 Å².